The van der Waals surface area contributed by atoms with E-state index in [1.54, 1.807) is 29.3 Å². The molecule has 0 amide bonds. The van der Waals surface area contributed by atoms with Gasteiger partial charge in [-0.3, -0.25) is 4.68 Å². The van der Waals surface area contributed by atoms with E-state index < -0.39 is 0 Å². The number of rotatable bonds is 6. The maximum atomic E-state index is 13.2. The van der Waals surface area contributed by atoms with Gasteiger partial charge in [-0.1, -0.05) is 12.1 Å². The standard InChI is InChI=1S/C16H16FN7.H2/c1-24-10-14(9-21-24)22-16-20-8-12(6-18)15(23-16)19-7-11-3-2-4-13(17)5-11;/h2-6,8-10,18H,7H2,1H3,(H2,19,20,22,23);1H. The normalized spacial score (nSPS) is 10.4. The summed E-state index contributed by atoms with van der Waals surface area (Å²) in [7, 11) is 1.82. The fourth-order valence-corrected chi connectivity index (χ4v) is 2.15. The first-order chi connectivity index (χ1) is 11.6. The van der Waals surface area contributed by atoms with E-state index >= 15 is 0 Å². The Kier molecular flexibility index (Phi) is 4.46. The highest BCUT2D eigenvalue weighted by atomic mass is 19.1. The molecule has 1 aromatic carbocycles. The molecule has 0 saturated carbocycles. The fourth-order valence-electron chi connectivity index (χ4n) is 2.15. The van der Waals surface area contributed by atoms with Gasteiger partial charge in [0.15, 0.2) is 0 Å². The molecule has 0 spiro atoms. The molecule has 0 aliphatic carbocycles. The predicted octanol–water partition coefficient (Wildman–Crippen LogP) is 2.95. The van der Waals surface area contributed by atoms with Crippen molar-refractivity contribution in [3.63, 3.8) is 0 Å². The van der Waals surface area contributed by atoms with Crippen molar-refractivity contribution in [2.45, 2.75) is 6.54 Å². The monoisotopic (exact) mass is 327 g/mol. The molecule has 24 heavy (non-hydrogen) atoms. The maximum Gasteiger partial charge on any atom is 0.229 e. The molecule has 8 heteroatoms. The Labute approximate surface area is 139 Å². The molecule has 0 aliphatic heterocycles. The summed E-state index contributed by atoms with van der Waals surface area (Å²) in [6.07, 6.45) is 6.18. The molecule has 0 bridgehead atoms. The van der Waals surface area contributed by atoms with Crippen molar-refractivity contribution >= 4 is 23.7 Å². The zero-order chi connectivity index (χ0) is 16.9. The molecule has 2 aromatic heterocycles. The van der Waals surface area contributed by atoms with E-state index in [0.29, 0.717) is 23.9 Å². The minimum absolute atomic E-state index is 0. The van der Waals surface area contributed by atoms with Gasteiger partial charge in [-0.2, -0.15) is 10.1 Å². The minimum Gasteiger partial charge on any atom is -0.365 e. The zero-order valence-corrected chi connectivity index (χ0v) is 13.0. The molecular formula is C16H18FN7. The molecule has 0 atom stereocenters. The molecule has 0 unspecified atom stereocenters. The van der Waals surface area contributed by atoms with Gasteiger partial charge < -0.3 is 16.0 Å². The smallest absolute Gasteiger partial charge is 0.229 e. The molecule has 7 nitrogen and oxygen atoms in total. The number of benzene rings is 1. The number of anilines is 3. The highest BCUT2D eigenvalue weighted by Crippen LogP contribution is 2.17. The number of nitrogens with zero attached hydrogens (tertiary/aromatic N) is 4. The van der Waals surface area contributed by atoms with Crippen LogP contribution in [0.4, 0.5) is 21.8 Å². The summed E-state index contributed by atoms with van der Waals surface area (Å²) >= 11 is 0. The van der Waals surface area contributed by atoms with Gasteiger partial charge in [0.2, 0.25) is 5.95 Å². The topological polar surface area (TPSA) is 91.5 Å². The Hall–Kier alpha value is -3.29. The van der Waals surface area contributed by atoms with E-state index in [2.05, 4.69) is 25.7 Å². The largest absolute Gasteiger partial charge is 0.365 e. The second-order valence-electron chi connectivity index (χ2n) is 5.15. The SMILES string of the molecule is Cn1cc(Nc2ncc(C=N)c(NCc3cccc(F)c3)n2)cn1.[HH]. The molecule has 0 fully saturated rings. The van der Waals surface area contributed by atoms with Gasteiger partial charge in [0.1, 0.15) is 11.6 Å². The van der Waals surface area contributed by atoms with Gasteiger partial charge in [0.05, 0.1) is 17.4 Å². The second kappa shape index (κ2) is 6.86. The van der Waals surface area contributed by atoms with Crippen LogP contribution in [-0.2, 0) is 13.6 Å². The lowest BCUT2D eigenvalue weighted by Crippen LogP contribution is -2.07. The number of aryl methyl sites for hydroxylation is 1. The van der Waals surface area contributed by atoms with Crippen molar-refractivity contribution in [2.75, 3.05) is 10.6 Å². The van der Waals surface area contributed by atoms with Crippen molar-refractivity contribution in [3.05, 3.63) is 59.8 Å². The predicted molar refractivity (Wildman–Crippen MR) is 92.2 cm³/mol. The van der Waals surface area contributed by atoms with Crippen LogP contribution in [0.1, 0.15) is 12.6 Å². The van der Waals surface area contributed by atoms with E-state index in [4.69, 9.17) is 5.41 Å². The van der Waals surface area contributed by atoms with Crippen LogP contribution in [-0.4, -0.2) is 26.0 Å². The van der Waals surface area contributed by atoms with E-state index in [9.17, 15) is 4.39 Å². The van der Waals surface area contributed by atoms with E-state index in [1.807, 2.05) is 13.1 Å². The summed E-state index contributed by atoms with van der Waals surface area (Å²) < 4.78 is 14.9. The van der Waals surface area contributed by atoms with Crippen LogP contribution in [0.3, 0.4) is 0 Å². The Bertz CT molecular complexity index is 865. The Morgan fingerprint density at radius 1 is 1.38 bits per heavy atom. The molecule has 0 radical (unpaired) electrons. The molecule has 3 N–H and O–H groups in total. The van der Waals surface area contributed by atoms with Crippen LogP contribution in [0.25, 0.3) is 0 Å². The van der Waals surface area contributed by atoms with Crippen LogP contribution in [0, 0.1) is 11.2 Å². The van der Waals surface area contributed by atoms with E-state index in [-0.39, 0.29) is 7.24 Å². The average molecular weight is 327 g/mol. The van der Waals surface area contributed by atoms with Gasteiger partial charge in [-0.25, -0.2) is 9.37 Å². The van der Waals surface area contributed by atoms with E-state index in [1.165, 1.54) is 18.3 Å². The number of halogens is 1. The van der Waals surface area contributed by atoms with Crippen molar-refractivity contribution in [2.24, 2.45) is 7.05 Å². The van der Waals surface area contributed by atoms with Gasteiger partial charge >= 0.3 is 0 Å². The molecular weight excluding hydrogens is 309 g/mol. The number of nitrogens with one attached hydrogen (secondary N) is 3. The molecule has 2 heterocycles. The lowest BCUT2D eigenvalue weighted by molar-refractivity contribution is 0.626. The van der Waals surface area contributed by atoms with Gasteiger partial charge in [0.25, 0.3) is 0 Å². The quantitative estimate of drug-likeness (QED) is 0.605. The van der Waals surface area contributed by atoms with Crippen molar-refractivity contribution < 1.29 is 5.82 Å². The molecule has 124 valence electrons. The van der Waals surface area contributed by atoms with Crippen molar-refractivity contribution in [1.82, 2.24) is 19.7 Å². The number of hydrogen-bond donors (Lipinski definition) is 3. The first-order valence-corrected chi connectivity index (χ1v) is 7.25. The first kappa shape index (κ1) is 15.6. The lowest BCUT2D eigenvalue weighted by atomic mass is 10.2. The Morgan fingerprint density at radius 2 is 2.25 bits per heavy atom. The van der Waals surface area contributed by atoms with Crippen molar-refractivity contribution in [1.29, 1.82) is 5.41 Å². The van der Waals surface area contributed by atoms with Crippen LogP contribution < -0.4 is 10.6 Å². The Balaban J connectivity index is 0.00000225. The van der Waals surface area contributed by atoms with Crippen LogP contribution in [0.5, 0.6) is 0 Å². The zero-order valence-electron chi connectivity index (χ0n) is 13.0. The number of hydrogen-bond acceptors (Lipinski definition) is 6. The number of aromatic nitrogens is 4. The summed E-state index contributed by atoms with van der Waals surface area (Å²) in [6.45, 7) is 0.391. The second-order valence-corrected chi connectivity index (χ2v) is 5.15. The van der Waals surface area contributed by atoms with Crippen LogP contribution >= 0.6 is 0 Å². The third kappa shape index (κ3) is 3.72. The Morgan fingerprint density at radius 3 is 2.96 bits per heavy atom. The van der Waals surface area contributed by atoms with Crippen LogP contribution in [0.2, 0.25) is 0 Å². The summed E-state index contributed by atoms with van der Waals surface area (Å²) in [5.74, 6) is 0.592. The molecule has 3 aromatic rings. The average Bonchev–Trinajstić information content (AvgIpc) is 2.98. The summed E-state index contributed by atoms with van der Waals surface area (Å²) in [6, 6.07) is 6.32. The molecule has 0 aliphatic rings. The van der Waals surface area contributed by atoms with Crippen LogP contribution in [0.15, 0.2) is 42.9 Å². The summed E-state index contributed by atoms with van der Waals surface area (Å²) in [5.41, 5.74) is 2.09. The lowest BCUT2D eigenvalue weighted by Gasteiger charge is -2.10. The van der Waals surface area contributed by atoms with E-state index in [0.717, 1.165) is 11.3 Å². The minimum atomic E-state index is -0.289. The van der Waals surface area contributed by atoms with Gasteiger partial charge in [-0.05, 0) is 17.7 Å². The first-order valence-electron chi connectivity index (χ1n) is 7.25. The highest BCUT2D eigenvalue weighted by Gasteiger charge is 2.07. The molecule has 0 saturated heterocycles. The fraction of sp³-hybridized carbons (Fsp3) is 0.125. The summed E-state index contributed by atoms with van der Waals surface area (Å²) in [5, 5.41) is 17.7. The summed E-state index contributed by atoms with van der Waals surface area (Å²) in [4.78, 5) is 8.54. The molecule has 3 rings (SSSR count). The third-order valence-corrected chi connectivity index (χ3v) is 3.28. The van der Waals surface area contributed by atoms with Crippen molar-refractivity contribution in [3.8, 4) is 0 Å². The highest BCUT2D eigenvalue weighted by molar-refractivity contribution is 5.84. The third-order valence-electron chi connectivity index (χ3n) is 3.28. The van der Waals surface area contributed by atoms with Gasteiger partial charge in [-0.15, -0.1) is 0 Å². The van der Waals surface area contributed by atoms with Gasteiger partial charge in [0, 0.05) is 33.6 Å². The maximum absolute atomic E-state index is 13.2.